The Bertz CT molecular complexity index is 1370. The first-order valence-electron chi connectivity index (χ1n) is 10.0. The van der Waals surface area contributed by atoms with Crippen LogP contribution in [0.25, 0.3) is 0 Å². The smallest absolute Gasteiger partial charge is 0.305 e. The molecule has 0 radical (unpaired) electrons. The molecule has 0 bridgehead atoms. The Morgan fingerprint density at radius 3 is 2.26 bits per heavy atom. The molecule has 3 rings (SSSR count). The summed E-state index contributed by atoms with van der Waals surface area (Å²) in [7, 11) is -0.937. The number of amides is 3. The van der Waals surface area contributed by atoms with E-state index >= 15 is 0 Å². The number of benzene rings is 2. The topological polar surface area (TPSA) is 102 Å². The normalized spacial score (nSPS) is 16.2. The largest absolute Gasteiger partial charge is 0.417 e. The molecule has 0 saturated carbocycles. The summed E-state index contributed by atoms with van der Waals surface area (Å²) >= 11 is 3.30. The molecular weight excluding hydrogens is 553 g/mol. The zero-order valence-electron chi connectivity index (χ0n) is 19.0. The maximum absolute atomic E-state index is 13.4. The molecule has 0 N–H and O–H groups in total. The van der Waals surface area contributed by atoms with Gasteiger partial charge < -0.3 is 4.90 Å². The molecule has 1 heterocycles. The van der Waals surface area contributed by atoms with Crippen LogP contribution in [0, 0.1) is 11.3 Å². The highest BCUT2D eigenvalue weighted by Crippen LogP contribution is 2.38. The molecule has 13 heteroatoms. The molecule has 0 spiro atoms. The minimum absolute atomic E-state index is 0.0140. The summed E-state index contributed by atoms with van der Waals surface area (Å²) in [5, 5.41) is 9.01. The monoisotopic (exact) mass is 572 g/mol. The molecule has 0 unspecified atom stereocenters. The van der Waals surface area contributed by atoms with E-state index in [1.807, 2.05) is 0 Å². The lowest BCUT2D eigenvalue weighted by molar-refractivity contribution is -0.137. The Balaban J connectivity index is 2.00. The van der Waals surface area contributed by atoms with Crippen molar-refractivity contribution in [1.82, 2.24) is 9.21 Å². The molecule has 0 aliphatic carbocycles. The highest BCUT2D eigenvalue weighted by atomic mass is 79.9. The summed E-state index contributed by atoms with van der Waals surface area (Å²) in [5.74, 6) is -0.747. The van der Waals surface area contributed by atoms with E-state index in [0.717, 1.165) is 16.4 Å². The van der Waals surface area contributed by atoms with Gasteiger partial charge in [-0.05, 0) is 49.7 Å². The average molecular weight is 573 g/mol. The molecule has 0 atom stereocenters. The summed E-state index contributed by atoms with van der Waals surface area (Å²) in [6, 6.07) is 7.45. The number of hydrogen-bond acceptors (Lipinski definition) is 5. The molecule has 1 fully saturated rings. The van der Waals surface area contributed by atoms with Crippen LogP contribution in [-0.2, 0) is 27.5 Å². The second-order valence-electron chi connectivity index (χ2n) is 8.45. The first-order valence-corrected chi connectivity index (χ1v) is 12.2. The lowest BCUT2D eigenvalue weighted by Gasteiger charge is -2.28. The van der Waals surface area contributed by atoms with E-state index in [1.54, 1.807) is 0 Å². The van der Waals surface area contributed by atoms with Gasteiger partial charge in [0, 0.05) is 25.1 Å². The summed E-state index contributed by atoms with van der Waals surface area (Å²) < 4.78 is 66.4. The highest BCUT2D eigenvalue weighted by Gasteiger charge is 2.52. The van der Waals surface area contributed by atoms with Crippen LogP contribution in [0.1, 0.15) is 30.5 Å². The molecule has 35 heavy (non-hydrogen) atoms. The van der Waals surface area contributed by atoms with Crippen LogP contribution < -0.4 is 4.90 Å². The van der Waals surface area contributed by atoms with Crippen LogP contribution >= 0.6 is 15.9 Å². The molecule has 1 saturated heterocycles. The van der Waals surface area contributed by atoms with Gasteiger partial charge in [0.15, 0.2) is 0 Å². The minimum atomic E-state index is -4.86. The Kier molecular flexibility index (Phi) is 6.80. The van der Waals surface area contributed by atoms with Crippen LogP contribution in [0.15, 0.2) is 45.8 Å². The van der Waals surface area contributed by atoms with E-state index in [0.29, 0.717) is 21.0 Å². The summed E-state index contributed by atoms with van der Waals surface area (Å²) in [6.07, 6.45) is -4.86. The fraction of sp³-hybridized carbons (Fsp3) is 0.318. The molecule has 2 aromatic rings. The molecule has 186 valence electrons. The van der Waals surface area contributed by atoms with Gasteiger partial charge in [0.25, 0.3) is 5.91 Å². The van der Waals surface area contributed by atoms with Gasteiger partial charge in [-0.2, -0.15) is 18.4 Å². The van der Waals surface area contributed by atoms with Crippen molar-refractivity contribution in [2.75, 3.05) is 19.0 Å². The lowest BCUT2D eigenvalue weighted by atomic mass is 10.0. The van der Waals surface area contributed by atoms with Crippen molar-refractivity contribution in [3.8, 4) is 6.07 Å². The van der Waals surface area contributed by atoms with E-state index in [2.05, 4.69) is 15.9 Å². The molecule has 2 aromatic carbocycles. The SMILES string of the molecule is CN(C)S(=O)(=O)c1ccc(CN2C(=O)N(c3ccc(C#N)c(C(F)(F)F)c3)C(=O)C2(C)C)c(Br)c1. The predicted octanol–water partition coefficient (Wildman–Crippen LogP) is 4.34. The van der Waals surface area contributed by atoms with Crippen molar-refractivity contribution < 1.29 is 31.2 Å². The van der Waals surface area contributed by atoms with Gasteiger partial charge >= 0.3 is 12.2 Å². The van der Waals surface area contributed by atoms with Gasteiger partial charge in [0.05, 0.1) is 27.8 Å². The molecule has 3 amide bonds. The van der Waals surface area contributed by atoms with Gasteiger partial charge in [0.1, 0.15) is 5.54 Å². The van der Waals surface area contributed by atoms with Crippen molar-refractivity contribution in [2.45, 2.75) is 37.0 Å². The predicted molar refractivity (Wildman–Crippen MR) is 124 cm³/mol. The fourth-order valence-corrected chi connectivity index (χ4v) is 5.11. The fourth-order valence-electron chi connectivity index (χ4n) is 3.53. The number of sulfonamides is 1. The quantitative estimate of drug-likeness (QED) is 0.496. The number of hydrogen-bond donors (Lipinski definition) is 0. The molecular formula is C22H20BrF3N4O4S. The first-order chi connectivity index (χ1) is 16.0. The van der Waals surface area contributed by atoms with Crippen molar-refractivity contribution in [2.24, 2.45) is 0 Å². The zero-order chi connectivity index (χ0) is 26.5. The Morgan fingerprint density at radius 1 is 1.11 bits per heavy atom. The Labute approximate surface area is 208 Å². The maximum atomic E-state index is 13.4. The van der Waals surface area contributed by atoms with Crippen molar-refractivity contribution in [1.29, 1.82) is 5.26 Å². The van der Waals surface area contributed by atoms with E-state index < -0.39 is 44.8 Å². The third-order valence-electron chi connectivity index (χ3n) is 5.64. The van der Waals surface area contributed by atoms with Gasteiger partial charge in [-0.25, -0.2) is 22.4 Å². The molecule has 8 nitrogen and oxygen atoms in total. The van der Waals surface area contributed by atoms with Gasteiger partial charge in [-0.1, -0.05) is 22.0 Å². The Hall–Kier alpha value is -2.95. The van der Waals surface area contributed by atoms with Gasteiger partial charge in [0.2, 0.25) is 10.0 Å². The minimum Gasteiger partial charge on any atom is -0.305 e. The van der Waals surface area contributed by atoms with E-state index in [9.17, 15) is 31.2 Å². The number of carbonyl (C=O) groups excluding carboxylic acids is 2. The third-order valence-corrected chi connectivity index (χ3v) is 8.19. The van der Waals surface area contributed by atoms with Crippen molar-refractivity contribution in [3.05, 3.63) is 57.6 Å². The molecule has 1 aliphatic rings. The second kappa shape index (κ2) is 8.92. The van der Waals surface area contributed by atoms with Gasteiger partial charge in [-0.15, -0.1) is 0 Å². The lowest BCUT2D eigenvalue weighted by Crippen LogP contribution is -2.43. The average Bonchev–Trinajstić information content (AvgIpc) is 2.92. The summed E-state index contributed by atoms with van der Waals surface area (Å²) in [4.78, 5) is 28.2. The highest BCUT2D eigenvalue weighted by molar-refractivity contribution is 9.10. The standard InChI is InChI=1S/C22H20BrF3N4O4S/c1-21(2)19(31)30(15-7-5-13(11-27)17(9-15)22(24,25)26)20(32)29(21)12-14-6-8-16(10-18(14)23)35(33,34)28(3)4/h5-10H,12H2,1-4H3. The first kappa shape index (κ1) is 26.7. The number of nitrogens with zero attached hydrogens (tertiary/aromatic N) is 4. The number of halogens is 4. The molecule has 1 aliphatic heterocycles. The van der Waals surface area contributed by atoms with Crippen molar-refractivity contribution in [3.63, 3.8) is 0 Å². The molecule has 0 aromatic heterocycles. The zero-order valence-corrected chi connectivity index (χ0v) is 21.4. The van der Waals surface area contributed by atoms with Crippen LogP contribution in [0.2, 0.25) is 0 Å². The number of imide groups is 1. The number of nitriles is 1. The number of anilines is 1. The van der Waals surface area contributed by atoms with E-state index in [4.69, 9.17) is 5.26 Å². The number of carbonyl (C=O) groups is 2. The summed E-state index contributed by atoms with van der Waals surface area (Å²) in [5.41, 5.74) is -3.14. The van der Waals surface area contributed by atoms with Crippen molar-refractivity contribution >= 4 is 43.6 Å². The summed E-state index contributed by atoms with van der Waals surface area (Å²) in [6.45, 7) is 2.79. The van der Waals surface area contributed by atoms with Crippen LogP contribution in [0.4, 0.5) is 23.7 Å². The number of urea groups is 1. The maximum Gasteiger partial charge on any atom is 0.417 e. The van der Waals surface area contributed by atoms with Gasteiger partial charge in [-0.3, -0.25) is 4.79 Å². The van der Waals surface area contributed by atoms with Crippen LogP contribution in [0.5, 0.6) is 0 Å². The van der Waals surface area contributed by atoms with E-state index in [-0.39, 0.29) is 17.1 Å². The van der Waals surface area contributed by atoms with Crippen LogP contribution in [0.3, 0.4) is 0 Å². The van der Waals surface area contributed by atoms with E-state index in [1.165, 1.54) is 57.1 Å². The second-order valence-corrected chi connectivity index (χ2v) is 11.5. The number of rotatable bonds is 5. The van der Waals surface area contributed by atoms with Crippen LogP contribution in [-0.4, -0.2) is 49.2 Å². The third kappa shape index (κ3) is 4.65. The number of alkyl halides is 3. The Morgan fingerprint density at radius 2 is 1.74 bits per heavy atom.